The summed E-state index contributed by atoms with van der Waals surface area (Å²) in [6, 6.07) is 0.334. The summed E-state index contributed by atoms with van der Waals surface area (Å²) in [6.45, 7) is 8.06. The van der Waals surface area contributed by atoms with Crippen molar-refractivity contribution >= 4 is 22.2 Å². The van der Waals surface area contributed by atoms with E-state index < -0.39 is 5.60 Å². The summed E-state index contributed by atoms with van der Waals surface area (Å²) in [4.78, 5) is 13.5. The molecule has 2 aliphatic rings. The molecule has 4 nitrogen and oxygen atoms in total. The molecule has 3 N–H and O–H groups in total. The molecule has 1 aliphatic carbocycles. The Kier molecular flexibility index (Phi) is 2.54. The van der Waals surface area contributed by atoms with Crippen LogP contribution in [-0.4, -0.2) is 11.9 Å². The Labute approximate surface area is 117 Å². The first-order chi connectivity index (χ1) is 8.72. The van der Waals surface area contributed by atoms with E-state index in [1.54, 1.807) is 0 Å². The molecule has 5 heteroatoms. The quantitative estimate of drug-likeness (QED) is 0.875. The fourth-order valence-electron chi connectivity index (χ4n) is 2.89. The molecular formula is C14H20N2O2S. The monoisotopic (exact) mass is 280 g/mol. The van der Waals surface area contributed by atoms with Gasteiger partial charge in [0.05, 0.1) is 21.8 Å². The Morgan fingerprint density at radius 3 is 2.53 bits per heavy atom. The second-order valence-corrected chi connectivity index (χ2v) is 7.47. The van der Waals surface area contributed by atoms with E-state index in [0.29, 0.717) is 16.6 Å². The molecule has 1 aliphatic heterocycles. The second-order valence-electron chi connectivity index (χ2n) is 6.42. The van der Waals surface area contributed by atoms with Crippen LogP contribution in [0.25, 0.3) is 0 Å². The van der Waals surface area contributed by atoms with Crippen molar-refractivity contribution in [3.05, 3.63) is 16.0 Å². The van der Waals surface area contributed by atoms with Crippen molar-refractivity contribution in [1.29, 1.82) is 0 Å². The topological polar surface area (TPSA) is 64.3 Å². The number of fused-ring (bicyclic) bond motifs is 1. The molecule has 0 aromatic carbocycles. The van der Waals surface area contributed by atoms with Crippen LogP contribution in [0.2, 0.25) is 0 Å². The van der Waals surface area contributed by atoms with Gasteiger partial charge in [0.2, 0.25) is 0 Å². The fraction of sp³-hybridized carbons (Fsp3) is 0.643. The van der Waals surface area contributed by atoms with Crippen LogP contribution in [0.5, 0.6) is 0 Å². The summed E-state index contributed by atoms with van der Waals surface area (Å²) >= 11 is 1.48. The number of nitrogen functional groups attached to an aromatic ring is 1. The second kappa shape index (κ2) is 3.73. The van der Waals surface area contributed by atoms with E-state index in [1.807, 2.05) is 27.7 Å². The van der Waals surface area contributed by atoms with Gasteiger partial charge in [-0.3, -0.25) is 4.79 Å². The summed E-state index contributed by atoms with van der Waals surface area (Å²) in [6.07, 6.45) is 2.15. The zero-order valence-corrected chi connectivity index (χ0v) is 12.6. The molecule has 0 spiro atoms. The van der Waals surface area contributed by atoms with Crippen LogP contribution in [-0.2, 0) is 15.9 Å². The maximum absolute atomic E-state index is 12.4. The first-order valence-electron chi connectivity index (χ1n) is 6.66. The molecule has 0 radical (unpaired) electrons. The van der Waals surface area contributed by atoms with Gasteiger partial charge in [0.1, 0.15) is 0 Å². The zero-order chi connectivity index (χ0) is 14.0. The van der Waals surface area contributed by atoms with E-state index >= 15 is 0 Å². The highest BCUT2D eigenvalue weighted by atomic mass is 32.1. The lowest BCUT2D eigenvalue weighted by Crippen LogP contribution is -2.29. The lowest BCUT2D eigenvalue weighted by molar-refractivity contribution is -0.104. The number of ether oxygens (including phenoxy) is 1. The minimum atomic E-state index is -0.469. The number of rotatable bonds is 2. The van der Waals surface area contributed by atoms with Crippen LogP contribution in [0.15, 0.2) is 0 Å². The smallest absolute Gasteiger partial charge is 0.254 e. The Morgan fingerprint density at radius 2 is 1.95 bits per heavy atom. The molecule has 1 saturated carbocycles. The van der Waals surface area contributed by atoms with Crippen molar-refractivity contribution < 1.29 is 9.53 Å². The van der Waals surface area contributed by atoms with Crippen LogP contribution >= 0.6 is 11.3 Å². The number of carbonyl (C=O) groups excluding carboxylic acids is 1. The van der Waals surface area contributed by atoms with Crippen molar-refractivity contribution in [1.82, 2.24) is 5.32 Å². The highest BCUT2D eigenvalue weighted by Gasteiger charge is 2.48. The van der Waals surface area contributed by atoms with Crippen LogP contribution in [0.1, 0.15) is 61.3 Å². The van der Waals surface area contributed by atoms with Gasteiger partial charge >= 0.3 is 0 Å². The summed E-state index contributed by atoms with van der Waals surface area (Å²) in [7, 11) is 0. The molecule has 19 heavy (non-hydrogen) atoms. The SMILES string of the molecule is CC1(C)OC(C)(C)c2c1sc(N)c2C(=O)NC1CC1. The number of thiophene rings is 1. The first kappa shape index (κ1) is 12.9. The van der Waals surface area contributed by atoms with Gasteiger partial charge < -0.3 is 15.8 Å². The minimum absolute atomic E-state index is 0.0492. The van der Waals surface area contributed by atoms with E-state index in [4.69, 9.17) is 10.5 Å². The van der Waals surface area contributed by atoms with Gasteiger partial charge in [0.25, 0.3) is 5.91 Å². The van der Waals surface area contributed by atoms with Crippen LogP contribution in [0, 0.1) is 0 Å². The van der Waals surface area contributed by atoms with Crippen molar-refractivity contribution in [2.45, 2.75) is 57.8 Å². The average Bonchev–Trinajstić information content (AvgIpc) is 2.92. The summed E-state index contributed by atoms with van der Waals surface area (Å²) in [5.74, 6) is -0.0492. The minimum Gasteiger partial charge on any atom is -0.390 e. The predicted octanol–water partition coefficient (Wildman–Crippen LogP) is 2.72. The van der Waals surface area contributed by atoms with Gasteiger partial charge in [0.15, 0.2) is 0 Å². The number of anilines is 1. The number of hydrogen-bond acceptors (Lipinski definition) is 4. The molecule has 1 fully saturated rings. The third-order valence-corrected chi connectivity index (χ3v) is 5.06. The van der Waals surface area contributed by atoms with Gasteiger partial charge in [-0.05, 0) is 40.5 Å². The maximum atomic E-state index is 12.4. The Hall–Kier alpha value is -1.07. The molecule has 104 valence electrons. The molecule has 0 atom stereocenters. The molecule has 0 bridgehead atoms. The average molecular weight is 280 g/mol. The van der Waals surface area contributed by atoms with Crippen LogP contribution in [0.3, 0.4) is 0 Å². The van der Waals surface area contributed by atoms with E-state index in [1.165, 1.54) is 11.3 Å². The first-order valence-corrected chi connectivity index (χ1v) is 7.48. The van der Waals surface area contributed by atoms with E-state index in [0.717, 1.165) is 23.3 Å². The Bertz CT molecular complexity index is 556. The highest BCUT2D eigenvalue weighted by molar-refractivity contribution is 7.16. The fourth-order valence-corrected chi connectivity index (χ4v) is 4.15. The number of nitrogens with two attached hydrogens (primary N) is 1. The molecule has 3 rings (SSSR count). The van der Waals surface area contributed by atoms with E-state index in [9.17, 15) is 4.79 Å². The normalized spacial score (nSPS) is 23.2. The molecule has 0 unspecified atom stereocenters. The largest absolute Gasteiger partial charge is 0.390 e. The van der Waals surface area contributed by atoms with Crippen molar-refractivity contribution in [3.63, 3.8) is 0 Å². The Morgan fingerprint density at radius 1 is 1.32 bits per heavy atom. The number of amides is 1. The van der Waals surface area contributed by atoms with Crippen molar-refractivity contribution in [3.8, 4) is 0 Å². The van der Waals surface area contributed by atoms with E-state index in [-0.39, 0.29) is 11.5 Å². The number of nitrogens with one attached hydrogen (secondary N) is 1. The third-order valence-electron chi connectivity index (χ3n) is 3.73. The van der Waals surface area contributed by atoms with E-state index in [2.05, 4.69) is 5.32 Å². The predicted molar refractivity (Wildman–Crippen MR) is 76.4 cm³/mol. The molecule has 1 aromatic rings. The van der Waals surface area contributed by atoms with Gasteiger partial charge in [-0.25, -0.2) is 0 Å². The van der Waals surface area contributed by atoms with Gasteiger partial charge in [-0.15, -0.1) is 11.3 Å². The summed E-state index contributed by atoms with van der Waals surface area (Å²) < 4.78 is 6.09. The maximum Gasteiger partial charge on any atom is 0.254 e. The van der Waals surface area contributed by atoms with Crippen molar-refractivity contribution in [2.24, 2.45) is 0 Å². The van der Waals surface area contributed by atoms with Crippen LogP contribution < -0.4 is 11.1 Å². The molecule has 1 amide bonds. The van der Waals surface area contributed by atoms with Crippen LogP contribution in [0.4, 0.5) is 5.00 Å². The van der Waals surface area contributed by atoms with Gasteiger partial charge in [0, 0.05) is 16.5 Å². The van der Waals surface area contributed by atoms with Gasteiger partial charge in [-0.2, -0.15) is 0 Å². The summed E-state index contributed by atoms with van der Waals surface area (Å²) in [5.41, 5.74) is 6.84. The third kappa shape index (κ3) is 1.96. The highest BCUT2D eigenvalue weighted by Crippen LogP contribution is 2.53. The lowest BCUT2D eigenvalue weighted by atomic mass is 9.93. The standard InChI is InChI=1S/C14H20N2O2S/c1-13(2)9-8(12(17)16-7-5-6-7)11(15)19-10(9)14(3,4)18-13/h7H,5-6,15H2,1-4H3,(H,16,17). The Balaban J connectivity index is 2.09. The van der Waals surface area contributed by atoms with Gasteiger partial charge in [-0.1, -0.05) is 0 Å². The molecule has 0 saturated heterocycles. The van der Waals surface area contributed by atoms with Crippen molar-refractivity contribution in [2.75, 3.05) is 5.73 Å². The summed E-state index contributed by atoms with van der Waals surface area (Å²) in [5, 5.41) is 3.63. The number of hydrogen-bond donors (Lipinski definition) is 2. The molecular weight excluding hydrogens is 260 g/mol. The molecule has 2 heterocycles. The zero-order valence-electron chi connectivity index (χ0n) is 11.8. The molecule has 1 aromatic heterocycles. The number of carbonyl (C=O) groups is 1. The lowest BCUT2D eigenvalue weighted by Gasteiger charge is -2.26.